The molecule has 0 saturated carbocycles. The van der Waals surface area contributed by atoms with Crippen molar-refractivity contribution < 1.29 is 194 Å². The van der Waals surface area contributed by atoms with E-state index >= 15 is 0 Å². The smallest absolute Gasteiger partial charge is 0.187 e. The summed E-state index contributed by atoms with van der Waals surface area (Å²) >= 11 is 0. The van der Waals surface area contributed by atoms with Gasteiger partial charge in [-0.25, -0.2) is 0 Å². The Bertz CT molecular complexity index is 2110. The Kier molecular flexibility index (Phi) is 25.7. The monoisotopic (exact) mass is 1300 g/mol. The summed E-state index contributed by atoms with van der Waals surface area (Å²) < 4.78 is 79.0. The Morgan fingerprint density at radius 3 is 0.648 bits per heavy atom. The minimum atomic E-state index is -2.36. The summed E-state index contributed by atoms with van der Waals surface area (Å²) in [5.74, 6) is 0. The molecule has 0 spiro atoms. The van der Waals surface area contributed by atoms with Crippen LogP contribution in [0.3, 0.4) is 0 Å². The molecule has 8 aliphatic rings. The van der Waals surface area contributed by atoms with Crippen LogP contribution in [0.4, 0.5) is 0 Å². The Hall–Kier alpha value is -1.60. The van der Waals surface area contributed by atoms with E-state index < -0.39 is 292 Å². The molecular weight excluding hydrogens is 1210 g/mol. The maximum absolute atomic E-state index is 11.8. The standard InChI is InChI=1S/C48H83NO39/c50-2-10-19(59)35(11(58)1-49-10)82-43-29(69)37(22(62)13(4-52)76-43)84-45-31(71)39(24(64)15(6-54)78-45)86-47-33(73)41(26(66)17(8-56)80-47)88-48-34(74)40(25(65)18(9-57)81-48)87-46-32(72)38(23(63)16(7-55)79-46)85-44-30(70)36(21(61)14(5-53)77-44)83-42-28(68)27(67)20(60)12(3-51)75-42/h10-74H,1-9H2/t10-,11+,12-,13-,14-,15-,16-,17-,18-,19-,20-,21-,22-,23-,24-,25-,26-,27+,28-,29-,30-,31-,32-,33-,34-,35-,36+,37+,38+,39+,40+,41+,42+,43+,44+,45+,46+,47+,48+/m1/s1. The van der Waals surface area contributed by atoms with Crippen molar-refractivity contribution >= 4 is 0 Å². The molecule has 8 heterocycles. The van der Waals surface area contributed by atoms with Gasteiger partial charge in [0, 0.05) is 6.54 Å². The highest BCUT2D eigenvalue weighted by Gasteiger charge is 2.59. The van der Waals surface area contributed by atoms with Crippen LogP contribution in [0.1, 0.15) is 0 Å². The maximum atomic E-state index is 11.8. The first-order valence-corrected chi connectivity index (χ1v) is 28.2. The summed E-state index contributed by atoms with van der Waals surface area (Å²) in [5.41, 5.74) is 0. The molecule has 8 fully saturated rings. The first-order valence-electron chi connectivity index (χ1n) is 28.2. The number of aliphatic hydroxyl groups excluding tert-OH is 25. The van der Waals surface area contributed by atoms with Gasteiger partial charge in [0.05, 0.1) is 65.0 Å². The normalized spacial score (nSPS) is 53.2. The topological polar surface area (TPSA) is 647 Å². The first-order chi connectivity index (χ1) is 41.8. The van der Waals surface area contributed by atoms with Gasteiger partial charge >= 0.3 is 0 Å². The molecule has 0 aromatic heterocycles. The van der Waals surface area contributed by atoms with Crippen LogP contribution in [0.2, 0.25) is 0 Å². The van der Waals surface area contributed by atoms with Gasteiger partial charge in [-0.15, -0.1) is 0 Å². The van der Waals surface area contributed by atoms with Gasteiger partial charge < -0.3 is 199 Å². The summed E-state index contributed by atoms with van der Waals surface area (Å²) in [6, 6.07) is -1.01. The third-order valence-corrected chi connectivity index (χ3v) is 16.7. The van der Waals surface area contributed by atoms with Gasteiger partial charge in [0.15, 0.2) is 44.0 Å². The van der Waals surface area contributed by atoms with E-state index in [1.165, 1.54) is 0 Å². The molecule has 0 radical (unpaired) electrons. The predicted octanol–water partition coefficient (Wildman–Crippen LogP) is -18.2. The molecule has 0 aliphatic carbocycles. The molecule has 26 N–H and O–H groups in total. The fourth-order valence-corrected chi connectivity index (χ4v) is 11.5. The molecule has 514 valence electrons. The average molecular weight is 1300 g/mol. The van der Waals surface area contributed by atoms with Crippen LogP contribution in [0.5, 0.6) is 0 Å². The average Bonchev–Trinajstić information content (AvgIpc) is 3.71. The molecule has 0 aromatic rings. The summed E-state index contributed by atoms with van der Waals surface area (Å²) in [4.78, 5) is 0. The Labute approximate surface area is 497 Å². The molecule has 0 amide bonds. The summed E-state index contributed by atoms with van der Waals surface area (Å²) in [5, 5.41) is 273. The van der Waals surface area contributed by atoms with Crippen LogP contribution in [0.25, 0.3) is 0 Å². The van der Waals surface area contributed by atoms with E-state index in [1.807, 2.05) is 0 Å². The number of piperidine rings is 1. The molecule has 40 nitrogen and oxygen atoms in total. The van der Waals surface area contributed by atoms with Crippen molar-refractivity contribution in [3.63, 3.8) is 0 Å². The second-order valence-electron chi connectivity index (χ2n) is 22.4. The SMILES string of the molecule is OC[C@H]1NC[C@H](O)[C@@H](O[C@@H]2O[C@H](CO)[C@@H](O)[C@H](O[C@@H]3O[C@H](CO)[C@@H](O)[C@H](O[C@@H]4O[C@H](CO)[C@@H](O)[C@H](O[C@@H]5O[C@H](CO)[C@@H](O)[C@H](O[C@@H]6O[C@H](CO)[C@@H](O)[C@H](O[C@@H]7O[C@H](CO)[C@@H](O)[C@H](O[C@@H]8O[C@H](CO)[C@@H](O)[C@H](O)[C@H]8O)[C@H]7O)[C@H]6O)[C@H]5O)[C@H]4O)[C@H]3O)[C@H]2O)[C@@H]1O. The molecule has 88 heavy (non-hydrogen) atoms. The van der Waals surface area contributed by atoms with Gasteiger partial charge in [-0.3, -0.25) is 0 Å². The third-order valence-electron chi connectivity index (χ3n) is 16.7. The number of hydrogen-bond donors (Lipinski definition) is 26. The molecule has 0 bridgehead atoms. The van der Waals surface area contributed by atoms with Gasteiger partial charge in [0.25, 0.3) is 0 Å². The van der Waals surface area contributed by atoms with Crippen molar-refractivity contribution in [3.8, 4) is 0 Å². The molecule has 8 rings (SSSR count). The van der Waals surface area contributed by atoms with Gasteiger partial charge in [0.1, 0.15) is 183 Å². The zero-order chi connectivity index (χ0) is 64.5. The molecular formula is C48H83NO39. The highest BCUT2D eigenvalue weighted by Crippen LogP contribution is 2.38. The van der Waals surface area contributed by atoms with Gasteiger partial charge in [-0.05, 0) is 0 Å². The minimum Gasteiger partial charge on any atom is -0.395 e. The van der Waals surface area contributed by atoms with Crippen molar-refractivity contribution in [1.29, 1.82) is 0 Å². The fourth-order valence-electron chi connectivity index (χ4n) is 11.5. The predicted molar refractivity (Wildman–Crippen MR) is 265 cm³/mol. The van der Waals surface area contributed by atoms with E-state index in [-0.39, 0.29) is 6.54 Å². The lowest BCUT2D eigenvalue weighted by Gasteiger charge is -2.50. The third kappa shape index (κ3) is 14.8. The second-order valence-corrected chi connectivity index (χ2v) is 22.4. The van der Waals surface area contributed by atoms with Crippen molar-refractivity contribution in [3.05, 3.63) is 0 Å². The number of β-amino-alcohol motifs (C(OH)–C–C–N with tert-alkyl or cyclic N) is 1. The maximum Gasteiger partial charge on any atom is 0.187 e. The zero-order valence-electron chi connectivity index (χ0n) is 46.3. The Morgan fingerprint density at radius 1 is 0.227 bits per heavy atom. The van der Waals surface area contributed by atoms with Crippen LogP contribution in [0.15, 0.2) is 0 Å². The van der Waals surface area contributed by atoms with Crippen LogP contribution < -0.4 is 5.32 Å². The molecule has 0 unspecified atom stereocenters. The molecule has 39 atom stereocenters. The largest absolute Gasteiger partial charge is 0.395 e. The highest BCUT2D eigenvalue weighted by molar-refractivity contribution is 5.02. The number of nitrogens with one attached hydrogen (secondary N) is 1. The quantitative estimate of drug-likeness (QED) is 0.0479. The Balaban J connectivity index is 0.964. The van der Waals surface area contributed by atoms with Crippen LogP contribution in [0, 0.1) is 0 Å². The summed E-state index contributed by atoms with van der Waals surface area (Å²) in [7, 11) is 0. The lowest BCUT2D eigenvalue weighted by molar-refractivity contribution is -0.401. The van der Waals surface area contributed by atoms with Crippen molar-refractivity contribution in [1.82, 2.24) is 5.32 Å². The lowest BCUT2D eigenvalue weighted by atomic mass is 9.94. The van der Waals surface area contributed by atoms with E-state index in [9.17, 15) is 128 Å². The molecule has 8 saturated heterocycles. The summed E-state index contributed by atoms with van der Waals surface area (Å²) in [6.45, 7) is -8.10. The van der Waals surface area contributed by atoms with Crippen molar-refractivity contribution in [2.75, 3.05) is 59.4 Å². The molecule has 0 aromatic carbocycles. The van der Waals surface area contributed by atoms with E-state index in [2.05, 4.69) is 5.32 Å². The van der Waals surface area contributed by atoms with Gasteiger partial charge in [0.2, 0.25) is 0 Å². The number of rotatable bonds is 22. The minimum absolute atomic E-state index is 0.207. The molecule has 8 aliphatic heterocycles. The zero-order valence-corrected chi connectivity index (χ0v) is 46.3. The highest BCUT2D eigenvalue weighted by atomic mass is 16.8. The lowest BCUT2D eigenvalue weighted by Crippen LogP contribution is -2.69. The van der Waals surface area contributed by atoms with E-state index in [0.29, 0.717) is 0 Å². The number of hydrogen-bond acceptors (Lipinski definition) is 40. The van der Waals surface area contributed by atoms with Crippen molar-refractivity contribution in [2.24, 2.45) is 0 Å². The van der Waals surface area contributed by atoms with Gasteiger partial charge in [-0.2, -0.15) is 0 Å². The number of aliphatic hydroxyl groups is 25. The fraction of sp³-hybridized carbons (Fsp3) is 1.00. The van der Waals surface area contributed by atoms with E-state index in [4.69, 9.17) is 66.3 Å². The van der Waals surface area contributed by atoms with Crippen LogP contribution >= 0.6 is 0 Å². The van der Waals surface area contributed by atoms with E-state index in [0.717, 1.165) is 0 Å². The number of ether oxygens (including phenoxy) is 14. The second kappa shape index (κ2) is 31.3. The van der Waals surface area contributed by atoms with Crippen molar-refractivity contribution in [2.45, 2.75) is 239 Å². The summed E-state index contributed by atoms with van der Waals surface area (Å²) in [6.07, 6.45) is -76.1. The van der Waals surface area contributed by atoms with Gasteiger partial charge in [-0.1, -0.05) is 0 Å². The van der Waals surface area contributed by atoms with Crippen LogP contribution in [-0.2, 0) is 66.3 Å². The van der Waals surface area contributed by atoms with Crippen LogP contribution in [-0.4, -0.2) is 426 Å². The first kappa shape index (κ1) is 72.2. The van der Waals surface area contributed by atoms with E-state index in [1.54, 1.807) is 0 Å². The Morgan fingerprint density at radius 2 is 0.432 bits per heavy atom. The molecule has 40 heteroatoms.